The molecule has 0 unspecified atom stereocenters. The monoisotopic (exact) mass is 301 g/mol. The fourth-order valence-corrected chi connectivity index (χ4v) is 2.10. The predicted octanol–water partition coefficient (Wildman–Crippen LogP) is 2.25. The van der Waals surface area contributed by atoms with E-state index in [1.807, 2.05) is 6.92 Å². The number of hydrogen-bond acceptors (Lipinski definition) is 4. The molecule has 1 aromatic carbocycles. The lowest BCUT2D eigenvalue weighted by Crippen LogP contribution is -2.36. The van der Waals surface area contributed by atoms with Crippen LogP contribution in [0, 0.1) is 20.8 Å². The second kappa shape index (κ2) is 7.59. The van der Waals surface area contributed by atoms with Gasteiger partial charge in [0.2, 0.25) is 5.89 Å². The van der Waals surface area contributed by atoms with E-state index >= 15 is 0 Å². The minimum Gasteiger partial charge on any atom is -0.357 e. The average Bonchev–Trinajstić information content (AvgIpc) is 2.89. The van der Waals surface area contributed by atoms with Crippen molar-refractivity contribution in [3.63, 3.8) is 0 Å². The van der Waals surface area contributed by atoms with Gasteiger partial charge in [-0.1, -0.05) is 28.9 Å². The third-order valence-corrected chi connectivity index (χ3v) is 3.23. The van der Waals surface area contributed by atoms with Gasteiger partial charge in [0.25, 0.3) is 0 Å². The molecule has 0 aliphatic heterocycles. The van der Waals surface area contributed by atoms with E-state index in [1.54, 1.807) is 6.92 Å². The Hall–Kier alpha value is -2.37. The Bertz CT molecular complexity index is 648. The Kier molecular flexibility index (Phi) is 5.52. The molecule has 6 heteroatoms. The van der Waals surface area contributed by atoms with E-state index in [2.05, 4.69) is 57.8 Å². The molecular formula is C16H23N5O. The van der Waals surface area contributed by atoms with Gasteiger partial charge in [0.15, 0.2) is 11.8 Å². The Morgan fingerprint density at radius 1 is 1.23 bits per heavy atom. The third-order valence-electron chi connectivity index (χ3n) is 3.23. The zero-order valence-electron chi connectivity index (χ0n) is 13.6. The van der Waals surface area contributed by atoms with Crippen molar-refractivity contribution < 1.29 is 4.52 Å². The van der Waals surface area contributed by atoms with Gasteiger partial charge in [-0.3, -0.25) is 0 Å². The summed E-state index contributed by atoms with van der Waals surface area (Å²) in [5.74, 6) is 1.92. The number of hydrogen-bond donors (Lipinski definition) is 2. The first-order valence-corrected chi connectivity index (χ1v) is 7.46. The van der Waals surface area contributed by atoms with E-state index in [-0.39, 0.29) is 0 Å². The molecule has 2 rings (SSSR count). The number of rotatable bonds is 5. The minimum absolute atomic E-state index is 0.458. The molecule has 118 valence electrons. The Balaban J connectivity index is 1.99. The number of aromatic nitrogens is 2. The highest BCUT2D eigenvalue weighted by molar-refractivity contribution is 5.79. The quantitative estimate of drug-likeness (QED) is 0.654. The third kappa shape index (κ3) is 4.58. The molecule has 2 aromatic rings. The van der Waals surface area contributed by atoms with Crippen molar-refractivity contribution in [2.75, 3.05) is 6.54 Å². The van der Waals surface area contributed by atoms with Crippen LogP contribution >= 0.6 is 0 Å². The second-order valence-electron chi connectivity index (χ2n) is 5.21. The lowest BCUT2D eigenvalue weighted by molar-refractivity contribution is 0.371. The number of benzene rings is 1. The summed E-state index contributed by atoms with van der Waals surface area (Å²) >= 11 is 0. The highest BCUT2D eigenvalue weighted by Crippen LogP contribution is 2.11. The van der Waals surface area contributed by atoms with Crippen molar-refractivity contribution >= 4 is 5.96 Å². The Labute approximate surface area is 131 Å². The molecule has 0 atom stereocenters. The zero-order chi connectivity index (χ0) is 15.9. The van der Waals surface area contributed by atoms with E-state index in [0.717, 1.165) is 12.5 Å². The maximum absolute atomic E-state index is 5.08. The number of aryl methyl sites for hydroxylation is 3. The van der Waals surface area contributed by atoms with Gasteiger partial charge in [0.05, 0.1) is 13.1 Å². The summed E-state index contributed by atoms with van der Waals surface area (Å²) in [7, 11) is 0. The van der Waals surface area contributed by atoms with Crippen molar-refractivity contribution in [3.05, 3.63) is 46.6 Å². The molecule has 0 aliphatic rings. The fraction of sp³-hybridized carbons (Fsp3) is 0.438. The van der Waals surface area contributed by atoms with Crippen LogP contribution in [-0.4, -0.2) is 22.6 Å². The molecule has 0 bridgehead atoms. The number of aliphatic imine (C=N–C) groups is 1. The average molecular weight is 301 g/mol. The number of guanidine groups is 1. The van der Waals surface area contributed by atoms with Crippen LogP contribution in [0.4, 0.5) is 0 Å². The largest absolute Gasteiger partial charge is 0.357 e. The second-order valence-corrected chi connectivity index (χ2v) is 5.21. The lowest BCUT2D eigenvalue weighted by Gasteiger charge is -2.10. The molecular weight excluding hydrogens is 278 g/mol. The molecule has 2 N–H and O–H groups in total. The summed E-state index contributed by atoms with van der Waals surface area (Å²) in [6, 6.07) is 6.41. The zero-order valence-corrected chi connectivity index (χ0v) is 13.6. The molecule has 0 spiro atoms. The molecule has 1 heterocycles. The number of nitrogens with one attached hydrogen (secondary N) is 2. The number of nitrogens with zero attached hydrogens (tertiary/aromatic N) is 3. The van der Waals surface area contributed by atoms with Gasteiger partial charge in [0.1, 0.15) is 0 Å². The fourth-order valence-electron chi connectivity index (χ4n) is 2.10. The predicted molar refractivity (Wildman–Crippen MR) is 86.6 cm³/mol. The summed E-state index contributed by atoms with van der Waals surface area (Å²) in [6.07, 6.45) is 0. The van der Waals surface area contributed by atoms with E-state index in [0.29, 0.717) is 24.8 Å². The molecule has 6 nitrogen and oxygen atoms in total. The first-order chi connectivity index (χ1) is 10.6. The molecule has 0 aliphatic carbocycles. The first-order valence-electron chi connectivity index (χ1n) is 7.46. The Morgan fingerprint density at radius 3 is 2.68 bits per heavy atom. The van der Waals surface area contributed by atoms with Gasteiger partial charge in [-0.05, 0) is 38.8 Å². The van der Waals surface area contributed by atoms with Gasteiger partial charge in [-0.25, -0.2) is 4.99 Å². The topological polar surface area (TPSA) is 75.3 Å². The van der Waals surface area contributed by atoms with Crippen LogP contribution in [0.15, 0.2) is 27.7 Å². The van der Waals surface area contributed by atoms with Gasteiger partial charge >= 0.3 is 0 Å². The van der Waals surface area contributed by atoms with Crippen LogP contribution in [0.5, 0.6) is 0 Å². The highest BCUT2D eigenvalue weighted by atomic mass is 16.5. The minimum atomic E-state index is 0.458. The van der Waals surface area contributed by atoms with Crippen molar-refractivity contribution in [1.29, 1.82) is 0 Å². The van der Waals surface area contributed by atoms with Crippen LogP contribution in [0.2, 0.25) is 0 Å². The molecule has 0 amide bonds. The van der Waals surface area contributed by atoms with E-state index in [4.69, 9.17) is 4.52 Å². The maximum Gasteiger partial charge on any atom is 0.246 e. The molecule has 1 aromatic heterocycles. The van der Waals surface area contributed by atoms with Gasteiger partial charge in [0, 0.05) is 6.54 Å². The summed E-state index contributed by atoms with van der Waals surface area (Å²) in [6.45, 7) is 9.92. The SMILES string of the molecule is CCNC(=NCc1ccc(C)cc1C)NCc1nc(C)no1. The molecule has 0 fully saturated rings. The lowest BCUT2D eigenvalue weighted by atomic mass is 10.1. The Morgan fingerprint density at radius 2 is 2.05 bits per heavy atom. The van der Waals surface area contributed by atoms with E-state index in [1.165, 1.54) is 16.7 Å². The molecule has 0 saturated heterocycles. The molecule has 0 radical (unpaired) electrons. The standard InChI is InChI=1S/C16H23N5O/c1-5-17-16(19-10-15-20-13(4)21-22-15)18-9-14-7-6-11(2)8-12(14)3/h6-8H,5,9-10H2,1-4H3,(H2,17,18,19). The van der Waals surface area contributed by atoms with Gasteiger partial charge in [-0.2, -0.15) is 4.98 Å². The van der Waals surface area contributed by atoms with Crippen molar-refractivity contribution in [2.24, 2.45) is 4.99 Å². The van der Waals surface area contributed by atoms with Crippen LogP contribution in [0.25, 0.3) is 0 Å². The summed E-state index contributed by atoms with van der Waals surface area (Å²) in [4.78, 5) is 8.76. The van der Waals surface area contributed by atoms with Crippen LogP contribution in [0.1, 0.15) is 35.3 Å². The van der Waals surface area contributed by atoms with Crippen molar-refractivity contribution in [3.8, 4) is 0 Å². The normalized spacial score (nSPS) is 11.5. The summed E-state index contributed by atoms with van der Waals surface area (Å²) in [5.41, 5.74) is 3.74. The van der Waals surface area contributed by atoms with Gasteiger partial charge in [-0.15, -0.1) is 0 Å². The molecule has 22 heavy (non-hydrogen) atoms. The first kappa shape index (κ1) is 16.0. The van der Waals surface area contributed by atoms with Crippen molar-refractivity contribution in [2.45, 2.75) is 40.8 Å². The van der Waals surface area contributed by atoms with Gasteiger partial charge < -0.3 is 15.2 Å². The van der Waals surface area contributed by atoms with Crippen molar-refractivity contribution in [1.82, 2.24) is 20.8 Å². The molecule has 0 saturated carbocycles. The smallest absolute Gasteiger partial charge is 0.246 e. The van der Waals surface area contributed by atoms with E-state index < -0.39 is 0 Å². The van der Waals surface area contributed by atoms with E-state index in [9.17, 15) is 0 Å². The van der Waals surface area contributed by atoms with Crippen LogP contribution in [-0.2, 0) is 13.1 Å². The van der Waals surface area contributed by atoms with Crippen LogP contribution < -0.4 is 10.6 Å². The van der Waals surface area contributed by atoms with Crippen LogP contribution in [0.3, 0.4) is 0 Å². The summed E-state index contributed by atoms with van der Waals surface area (Å²) < 4.78 is 5.08. The highest BCUT2D eigenvalue weighted by Gasteiger charge is 2.04. The summed E-state index contributed by atoms with van der Waals surface area (Å²) in [5, 5.41) is 10.2. The maximum atomic E-state index is 5.08.